The van der Waals surface area contributed by atoms with Crippen molar-refractivity contribution < 1.29 is 22.3 Å². The number of hydrogen-bond acceptors (Lipinski definition) is 5. The van der Waals surface area contributed by atoms with Crippen molar-refractivity contribution in [2.24, 2.45) is 5.92 Å². The maximum atomic E-state index is 14.5. The molecule has 31 heavy (non-hydrogen) atoms. The second-order valence-electron chi connectivity index (χ2n) is 8.32. The van der Waals surface area contributed by atoms with Crippen molar-refractivity contribution in [1.29, 1.82) is 0 Å². The number of aromatic amines is 1. The number of halogens is 4. The third-order valence-electron chi connectivity index (χ3n) is 5.89. The van der Waals surface area contributed by atoms with Crippen molar-refractivity contribution in [2.45, 2.75) is 49.3 Å². The number of likely N-dealkylation sites (tertiary alicyclic amines) is 1. The molecule has 0 spiro atoms. The van der Waals surface area contributed by atoms with Crippen LogP contribution >= 0.6 is 11.8 Å². The Hall–Kier alpha value is -1.81. The van der Waals surface area contributed by atoms with Crippen molar-refractivity contribution in [3.8, 4) is 5.75 Å². The Morgan fingerprint density at radius 3 is 2.58 bits per heavy atom. The first-order valence-electron chi connectivity index (χ1n) is 10.5. The number of benzene rings is 1. The van der Waals surface area contributed by atoms with Crippen molar-refractivity contribution in [3.63, 3.8) is 0 Å². The maximum Gasteiger partial charge on any atom is 0.401 e. The van der Waals surface area contributed by atoms with E-state index in [0.29, 0.717) is 55.8 Å². The Labute approximate surface area is 181 Å². The zero-order valence-corrected chi connectivity index (χ0v) is 17.8. The number of aromatic nitrogens is 2. The summed E-state index contributed by atoms with van der Waals surface area (Å²) < 4.78 is 57.7. The normalized spacial score (nSPS) is 19.0. The number of ether oxygens (including phenoxy) is 1. The molecule has 2 heterocycles. The number of nitrogens with zero attached hydrogens (tertiary/aromatic N) is 2. The summed E-state index contributed by atoms with van der Waals surface area (Å²) in [5, 5.41) is 0.101. The molecule has 0 radical (unpaired) electrons. The predicted molar refractivity (Wildman–Crippen MR) is 112 cm³/mol. The van der Waals surface area contributed by atoms with Gasteiger partial charge in [-0.05, 0) is 44.7 Å². The quantitative estimate of drug-likeness (QED) is 0.618. The van der Waals surface area contributed by atoms with E-state index in [2.05, 4.69) is 9.97 Å². The Bertz CT molecular complexity index is 969. The van der Waals surface area contributed by atoms with Crippen LogP contribution in [0.4, 0.5) is 17.6 Å². The standard InChI is InChI=1S/C21H25F4N3O2S/c22-16-8-14(30-10-13-2-1-3-13)9-17-19(16)20(29)27-18(26-17)11-31-15-4-6-28(7-5-15)12-21(23,24)25/h8-9,13,15H,1-7,10-12H2,(H,26,27,29). The van der Waals surface area contributed by atoms with E-state index < -0.39 is 24.1 Å². The Balaban J connectivity index is 1.38. The molecule has 170 valence electrons. The van der Waals surface area contributed by atoms with Gasteiger partial charge in [0.25, 0.3) is 5.56 Å². The minimum atomic E-state index is -4.18. The first-order chi connectivity index (χ1) is 14.8. The van der Waals surface area contributed by atoms with Gasteiger partial charge >= 0.3 is 6.18 Å². The summed E-state index contributed by atoms with van der Waals surface area (Å²) in [6, 6.07) is 2.82. The van der Waals surface area contributed by atoms with E-state index in [1.165, 1.54) is 17.4 Å². The summed E-state index contributed by atoms with van der Waals surface area (Å²) in [7, 11) is 0. The van der Waals surface area contributed by atoms with Gasteiger partial charge in [-0.1, -0.05) is 6.42 Å². The second-order valence-corrected chi connectivity index (χ2v) is 9.61. The fraction of sp³-hybridized carbons (Fsp3) is 0.619. The highest BCUT2D eigenvalue weighted by atomic mass is 32.2. The molecule has 1 N–H and O–H groups in total. The van der Waals surface area contributed by atoms with E-state index >= 15 is 0 Å². The number of fused-ring (bicyclic) bond motifs is 1. The molecule has 2 aromatic rings. The molecular weight excluding hydrogens is 434 g/mol. The minimum Gasteiger partial charge on any atom is -0.493 e. The molecule has 10 heteroatoms. The molecular formula is C21H25F4N3O2S. The van der Waals surface area contributed by atoms with Crippen LogP contribution in [-0.2, 0) is 5.75 Å². The molecule has 1 saturated heterocycles. The van der Waals surface area contributed by atoms with E-state index in [4.69, 9.17) is 4.74 Å². The summed E-state index contributed by atoms with van der Waals surface area (Å²) in [5.74, 6) is 1.04. The number of H-pyrrole nitrogens is 1. The zero-order valence-electron chi connectivity index (χ0n) is 17.0. The predicted octanol–water partition coefficient (Wildman–Crippen LogP) is 4.50. The second kappa shape index (κ2) is 9.36. The van der Waals surface area contributed by atoms with Gasteiger partial charge in [-0.3, -0.25) is 9.69 Å². The molecule has 1 aliphatic carbocycles. The number of nitrogens with one attached hydrogen (secondary N) is 1. The Kier molecular flexibility index (Phi) is 6.76. The summed E-state index contributed by atoms with van der Waals surface area (Å²) in [5.41, 5.74) is -0.286. The van der Waals surface area contributed by atoms with Crippen molar-refractivity contribution >= 4 is 22.7 Å². The molecule has 1 aromatic carbocycles. The summed E-state index contributed by atoms with van der Waals surface area (Å²) in [4.78, 5) is 20.8. The molecule has 5 nitrogen and oxygen atoms in total. The molecule has 0 amide bonds. The average Bonchev–Trinajstić information content (AvgIpc) is 2.64. The molecule has 4 rings (SSSR count). The van der Waals surface area contributed by atoms with Crippen LogP contribution in [0.15, 0.2) is 16.9 Å². The minimum absolute atomic E-state index is 0.0924. The topological polar surface area (TPSA) is 58.2 Å². The van der Waals surface area contributed by atoms with Crippen LogP contribution in [0.2, 0.25) is 0 Å². The van der Waals surface area contributed by atoms with Gasteiger partial charge in [0.1, 0.15) is 22.8 Å². The first-order valence-corrected chi connectivity index (χ1v) is 11.6. The molecule has 0 bridgehead atoms. The van der Waals surface area contributed by atoms with Crippen LogP contribution < -0.4 is 10.3 Å². The van der Waals surface area contributed by atoms with Gasteiger partial charge in [0, 0.05) is 17.4 Å². The molecule has 2 fully saturated rings. The number of thioether (sulfide) groups is 1. The highest BCUT2D eigenvalue weighted by Gasteiger charge is 2.32. The van der Waals surface area contributed by atoms with E-state index in [1.54, 1.807) is 17.8 Å². The van der Waals surface area contributed by atoms with Crippen LogP contribution in [0.3, 0.4) is 0 Å². The van der Waals surface area contributed by atoms with E-state index in [0.717, 1.165) is 12.8 Å². The van der Waals surface area contributed by atoms with Gasteiger partial charge in [-0.2, -0.15) is 24.9 Å². The summed E-state index contributed by atoms with van der Waals surface area (Å²) in [6.45, 7) is 0.446. The fourth-order valence-corrected chi connectivity index (χ4v) is 5.03. The van der Waals surface area contributed by atoms with Gasteiger partial charge in [0.05, 0.1) is 24.4 Å². The maximum absolute atomic E-state index is 14.5. The smallest absolute Gasteiger partial charge is 0.401 e. The molecule has 0 unspecified atom stereocenters. The van der Waals surface area contributed by atoms with E-state index in [-0.39, 0.29) is 16.2 Å². The Morgan fingerprint density at radius 2 is 1.94 bits per heavy atom. The SMILES string of the molecule is O=c1[nH]c(CSC2CCN(CC(F)(F)F)CC2)nc2cc(OCC3CCC3)cc(F)c12. The van der Waals surface area contributed by atoms with E-state index in [9.17, 15) is 22.4 Å². The monoisotopic (exact) mass is 459 g/mol. The van der Waals surface area contributed by atoms with Gasteiger partial charge in [-0.25, -0.2) is 9.37 Å². The van der Waals surface area contributed by atoms with Crippen LogP contribution in [0, 0.1) is 11.7 Å². The average molecular weight is 460 g/mol. The summed E-state index contributed by atoms with van der Waals surface area (Å²) in [6.07, 6.45) is 0.539. The highest BCUT2D eigenvalue weighted by Crippen LogP contribution is 2.30. The molecule has 2 aliphatic rings. The first kappa shape index (κ1) is 22.4. The number of alkyl halides is 3. The number of piperidine rings is 1. The van der Waals surface area contributed by atoms with Crippen LogP contribution in [-0.4, -0.2) is 52.5 Å². The summed E-state index contributed by atoms with van der Waals surface area (Å²) >= 11 is 1.56. The lowest BCUT2D eigenvalue weighted by atomic mass is 9.86. The van der Waals surface area contributed by atoms with Gasteiger partial charge < -0.3 is 9.72 Å². The largest absolute Gasteiger partial charge is 0.493 e. The molecule has 1 aromatic heterocycles. The number of rotatable bonds is 7. The molecule has 1 aliphatic heterocycles. The lowest BCUT2D eigenvalue weighted by Crippen LogP contribution is -2.40. The van der Waals surface area contributed by atoms with Crippen molar-refractivity contribution in [3.05, 3.63) is 34.1 Å². The van der Waals surface area contributed by atoms with Crippen molar-refractivity contribution in [2.75, 3.05) is 26.2 Å². The van der Waals surface area contributed by atoms with Crippen LogP contribution in [0.1, 0.15) is 37.9 Å². The van der Waals surface area contributed by atoms with Crippen LogP contribution in [0.5, 0.6) is 5.75 Å². The third kappa shape index (κ3) is 5.91. The molecule has 0 atom stereocenters. The van der Waals surface area contributed by atoms with E-state index in [1.807, 2.05) is 0 Å². The third-order valence-corrected chi connectivity index (χ3v) is 7.27. The van der Waals surface area contributed by atoms with Crippen LogP contribution in [0.25, 0.3) is 10.9 Å². The Morgan fingerprint density at radius 1 is 1.19 bits per heavy atom. The molecule has 1 saturated carbocycles. The highest BCUT2D eigenvalue weighted by molar-refractivity contribution is 7.99. The van der Waals surface area contributed by atoms with Gasteiger partial charge in [0.15, 0.2) is 0 Å². The van der Waals surface area contributed by atoms with Crippen molar-refractivity contribution in [1.82, 2.24) is 14.9 Å². The van der Waals surface area contributed by atoms with Gasteiger partial charge in [-0.15, -0.1) is 0 Å². The fourth-order valence-electron chi connectivity index (χ4n) is 3.96. The zero-order chi connectivity index (χ0) is 22.0. The number of hydrogen-bond donors (Lipinski definition) is 1. The lowest BCUT2D eigenvalue weighted by Gasteiger charge is -2.31. The van der Waals surface area contributed by atoms with Gasteiger partial charge in [0.2, 0.25) is 0 Å². The lowest BCUT2D eigenvalue weighted by molar-refractivity contribution is -0.147.